The number of methoxy groups -OCH3 is 2. The molecule has 0 spiro atoms. The van der Waals surface area contributed by atoms with Crippen molar-refractivity contribution in [3.05, 3.63) is 59.1 Å². The van der Waals surface area contributed by atoms with Gasteiger partial charge < -0.3 is 19.5 Å². The lowest BCUT2D eigenvalue weighted by Gasteiger charge is -2.09. The molecule has 172 valence electrons. The van der Waals surface area contributed by atoms with Gasteiger partial charge in [-0.3, -0.25) is 4.79 Å². The minimum absolute atomic E-state index is 0.337. The Morgan fingerprint density at radius 3 is 2.39 bits per heavy atom. The van der Waals surface area contributed by atoms with Crippen LogP contribution in [0.3, 0.4) is 0 Å². The van der Waals surface area contributed by atoms with E-state index in [9.17, 15) is 9.59 Å². The highest BCUT2D eigenvalue weighted by Crippen LogP contribution is 2.25. The SMILES string of the molecule is COc1ccc(/C=C/C(=O)OCC(=O)Nc2cc(C)nn2-c2nc(C)cc(C)n2)c(OC)c1. The van der Waals surface area contributed by atoms with Crippen LogP contribution < -0.4 is 14.8 Å². The number of nitrogens with one attached hydrogen (secondary N) is 1. The number of carbonyl (C=O) groups excluding carboxylic acids is 2. The molecule has 0 fully saturated rings. The number of amides is 1. The molecule has 1 amide bonds. The van der Waals surface area contributed by atoms with E-state index in [2.05, 4.69) is 20.4 Å². The van der Waals surface area contributed by atoms with E-state index in [4.69, 9.17) is 14.2 Å². The molecule has 3 aromatic rings. The van der Waals surface area contributed by atoms with Gasteiger partial charge in [0.25, 0.3) is 11.9 Å². The molecule has 1 aromatic carbocycles. The Bertz CT molecular complexity index is 1180. The highest BCUT2D eigenvalue weighted by molar-refractivity contribution is 5.94. The number of aromatic nitrogens is 4. The van der Waals surface area contributed by atoms with E-state index < -0.39 is 18.5 Å². The van der Waals surface area contributed by atoms with Crippen LogP contribution in [-0.4, -0.2) is 52.5 Å². The van der Waals surface area contributed by atoms with Gasteiger partial charge in [0.1, 0.15) is 17.3 Å². The number of carbonyl (C=O) groups is 2. The summed E-state index contributed by atoms with van der Waals surface area (Å²) >= 11 is 0. The minimum atomic E-state index is -0.676. The Labute approximate surface area is 191 Å². The van der Waals surface area contributed by atoms with E-state index in [0.717, 1.165) is 11.4 Å². The fourth-order valence-corrected chi connectivity index (χ4v) is 3.02. The van der Waals surface area contributed by atoms with Crippen molar-refractivity contribution in [1.29, 1.82) is 0 Å². The van der Waals surface area contributed by atoms with Crippen LogP contribution in [0.25, 0.3) is 12.0 Å². The number of anilines is 1. The van der Waals surface area contributed by atoms with Gasteiger partial charge in [0.2, 0.25) is 0 Å². The molecule has 0 atom stereocenters. The van der Waals surface area contributed by atoms with Gasteiger partial charge in [-0.05, 0) is 45.0 Å². The summed E-state index contributed by atoms with van der Waals surface area (Å²) in [4.78, 5) is 33.2. The van der Waals surface area contributed by atoms with Crippen LogP contribution in [0, 0.1) is 20.8 Å². The smallest absolute Gasteiger partial charge is 0.331 e. The summed E-state index contributed by atoms with van der Waals surface area (Å²) in [7, 11) is 3.07. The second-order valence-electron chi connectivity index (χ2n) is 7.13. The van der Waals surface area contributed by atoms with Gasteiger partial charge in [-0.15, -0.1) is 0 Å². The molecule has 1 N–H and O–H groups in total. The van der Waals surface area contributed by atoms with Crippen molar-refractivity contribution >= 4 is 23.8 Å². The monoisotopic (exact) mass is 451 g/mol. The Hall–Kier alpha value is -4.21. The summed E-state index contributed by atoms with van der Waals surface area (Å²) in [6.45, 7) is 5.01. The first kappa shape index (κ1) is 23.5. The maximum absolute atomic E-state index is 12.4. The van der Waals surface area contributed by atoms with Crippen LogP contribution in [0.15, 0.2) is 36.4 Å². The van der Waals surface area contributed by atoms with Gasteiger partial charge in [-0.25, -0.2) is 14.8 Å². The number of hydrogen-bond acceptors (Lipinski definition) is 8. The molecule has 10 nitrogen and oxygen atoms in total. The molecule has 0 aliphatic rings. The van der Waals surface area contributed by atoms with Crippen molar-refractivity contribution < 1.29 is 23.8 Å². The molecule has 2 aromatic heterocycles. The van der Waals surface area contributed by atoms with Crippen LogP contribution in [0.5, 0.6) is 11.5 Å². The first-order chi connectivity index (χ1) is 15.8. The maximum Gasteiger partial charge on any atom is 0.331 e. The molecule has 0 saturated carbocycles. The second kappa shape index (κ2) is 10.4. The highest BCUT2D eigenvalue weighted by atomic mass is 16.5. The van der Waals surface area contributed by atoms with E-state index in [1.807, 2.05) is 19.9 Å². The number of hydrogen-bond donors (Lipinski definition) is 1. The molecule has 3 rings (SSSR count). The summed E-state index contributed by atoms with van der Waals surface area (Å²) in [5, 5.41) is 7.02. The quantitative estimate of drug-likeness (QED) is 0.410. The fraction of sp³-hybridized carbons (Fsp3) is 0.261. The molecule has 0 aliphatic heterocycles. The number of nitrogens with zero attached hydrogens (tertiary/aromatic N) is 4. The first-order valence-corrected chi connectivity index (χ1v) is 10.0. The minimum Gasteiger partial charge on any atom is -0.497 e. The first-order valence-electron chi connectivity index (χ1n) is 10.0. The van der Waals surface area contributed by atoms with Gasteiger partial charge >= 0.3 is 5.97 Å². The van der Waals surface area contributed by atoms with Crippen molar-refractivity contribution in [2.75, 3.05) is 26.1 Å². The van der Waals surface area contributed by atoms with Crippen molar-refractivity contribution in [1.82, 2.24) is 19.7 Å². The summed E-state index contributed by atoms with van der Waals surface area (Å²) in [6, 6.07) is 8.70. The normalized spacial score (nSPS) is 10.8. The Balaban J connectivity index is 1.62. The third-order valence-corrected chi connectivity index (χ3v) is 4.44. The average molecular weight is 451 g/mol. The molecule has 0 aliphatic carbocycles. The molecule has 33 heavy (non-hydrogen) atoms. The molecule has 10 heteroatoms. The molecule has 0 unspecified atom stereocenters. The van der Waals surface area contributed by atoms with E-state index in [-0.39, 0.29) is 0 Å². The number of ether oxygens (including phenoxy) is 3. The van der Waals surface area contributed by atoms with E-state index in [0.29, 0.717) is 34.5 Å². The summed E-state index contributed by atoms with van der Waals surface area (Å²) < 4.78 is 16.9. The van der Waals surface area contributed by atoms with Crippen molar-refractivity contribution in [3.8, 4) is 17.4 Å². The molecule has 0 saturated heterocycles. The van der Waals surface area contributed by atoms with Gasteiger partial charge in [0.15, 0.2) is 6.61 Å². The van der Waals surface area contributed by atoms with Crippen molar-refractivity contribution in [2.24, 2.45) is 0 Å². The van der Waals surface area contributed by atoms with Crippen LogP contribution in [0.4, 0.5) is 5.82 Å². The zero-order valence-corrected chi connectivity index (χ0v) is 19.1. The molecule has 2 heterocycles. The zero-order valence-electron chi connectivity index (χ0n) is 19.1. The highest BCUT2D eigenvalue weighted by Gasteiger charge is 2.14. The number of benzene rings is 1. The topological polar surface area (TPSA) is 117 Å². The summed E-state index contributed by atoms with van der Waals surface area (Å²) in [5.41, 5.74) is 2.88. The van der Waals surface area contributed by atoms with Crippen LogP contribution >= 0.6 is 0 Å². The van der Waals surface area contributed by atoms with E-state index >= 15 is 0 Å². The summed E-state index contributed by atoms with van der Waals surface area (Å²) in [5.74, 6) is 0.674. The molecule has 0 radical (unpaired) electrons. The van der Waals surface area contributed by atoms with Gasteiger partial charge in [-0.1, -0.05) is 0 Å². The summed E-state index contributed by atoms with van der Waals surface area (Å²) in [6.07, 6.45) is 2.75. The fourth-order valence-electron chi connectivity index (χ4n) is 3.02. The standard InChI is InChI=1S/C23H25N5O5/c1-14-10-15(2)25-23(24-14)28-20(11-16(3)27-28)26-21(29)13-33-22(30)9-7-17-6-8-18(31-4)12-19(17)32-5/h6-12H,13H2,1-5H3,(H,26,29)/b9-7+. The van der Waals surface area contributed by atoms with Gasteiger partial charge in [0.05, 0.1) is 19.9 Å². The maximum atomic E-state index is 12.4. The van der Waals surface area contributed by atoms with Crippen molar-refractivity contribution in [2.45, 2.75) is 20.8 Å². The van der Waals surface area contributed by atoms with Gasteiger partial charge in [0, 0.05) is 35.2 Å². The Morgan fingerprint density at radius 2 is 1.73 bits per heavy atom. The third kappa shape index (κ3) is 6.16. The number of aryl methyl sites for hydroxylation is 3. The van der Waals surface area contributed by atoms with Gasteiger partial charge in [-0.2, -0.15) is 9.78 Å². The predicted octanol–water partition coefficient (Wildman–Crippen LogP) is 2.80. The Morgan fingerprint density at radius 1 is 1.00 bits per heavy atom. The van der Waals surface area contributed by atoms with Crippen LogP contribution in [0.2, 0.25) is 0 Å². The second-order valence-corrected chi connectivity index (χ2v) is 7.13. The largest absolute Gasteiger partial charge is 0.497 e. The Kier molecular flexibility index (Phi) is 7.39. The lowest BCUT2D eigenvalue weighted by atomic mass is 10.2. The van der Waals surface area contributed by atoms with E-state index in [1.165, 1.54) is 23.9 Å². The molecule has 0 bridgehead atoms. The molecular weight excluding hydrogens is 426 g/mol. The predicted molar refractivity (Wildman–Crippen MR) is 122 cm³/mol. The lowest BCUT2D eigenvalue weighted by molar-refractivity contribution is -0.142. The third-order valence-electron chi connectivity index (χ3n) is 4.44. The number of esters is 1. The van der Waals surface area contributed by atoms with Crippen LogP contribution in [0.1, 0.15) is 22.6 Å². The molecular formula is C23H25N5O5. The average Bonchev–Trinajstić information content (AvgIpc) is 3.15. The van der Waals surface area contributed by atoms with E-state index in [1.54, 1.807) is 38.3 Å². The van der Waals surface area contributed by atoms with Crippen molar-refractivity contribution in [3.63, 3.8) is 0 Å². The lowest BCUT2D eigenvalue weighted by Crippen LogP contribution is -2.22. The number of rotatable bonds is 8. The zero-order chi connectivity index (χ0) is 24.0. The van der Waals surface area contributed by atoms with Crippen LogP contribution in [-0.2, 0) is 14.3 Å².